The lowest BCUT2D eigenvalue weighted by Crippen LogP contribution is -2.03. The zero-order valence-corrected chi connectivity index (χ0v) is 9.76. The number of anilines is 1. The molecule has 0 bridgehead atoms. The quantitative estimate of drug-likeness (QED) is 0.835. The Hall–Kier alpha value is -2.37. The molecule has 1 heterocycles. The fraction of sp³-hybridized carbons (Fsp3) is 0.167. The van der Waals surface area contributed by atoms with Gasteiger partial charge in [0.2, 0.25) is 0 Å². The molecule has 2 N–H and O–H groups in total. The summed E-state index contributed by atoms with van der Waals surface area (Å²) in [7, 11) is 1.26. The van der Waals surface area contributed by atoms with E-state index in [2.05, 4.69) is 9.84 Å². The Morgan fingerprint density at radius 1 is 1.50 bits per heavy atom. The van der Waals surface area contributed by atoms with Crippen LogP contribution in [0.4, 0.5) is 10.2 Å². The number of rotatable bonds is 3. The number of aromatic nitrogens is 2. The van der Waals surface area contributed by atoms with Gasteiger partial charge in [-0.3, -0.25) is 4.68 Å². The molecule has 0 radical (unpaired) electrons. The second kappa shape index (κ2) is 4.87. The smallest absolute Gasteiger partial charge is 0.343 e. The van der Waals surface area contributed by atoms with E-state index in [4.69, 9.17) is 5.73 Å². The van der Waals surface area contributed by atoms with Crippen LogP contribution in [0.3, 0.4) is 0 Å². The highest BCUT2D eigenvalue weighted by Crippen LogP contribution is 2.13. The molecule has 2 rings (SSSR count). The van der Waals surface area contributed by atoms with Gasteiger partial charge in [0.1, 0.15) is 11.4 Å². The summed E-state index contributed by atoms with van der Waals surface area (Å²) in [6.45, 7) is 0.202. The second-order valence-corrected chi connectivity index (χ2v) is 3.71. The van der Waals surface area contributed by atoms with Crippen molar-refractivity contribution in [1.82, 2.24) is 9.78 Å². The molecule has 1 aromatic heterocycles. The molecule has 0 unspecified atom stereocenters. The number of carbonyl (C=O) groups excluding carboxylic acids is 1. The molecular weight excluding hydrogens is 237 g/mol. The standard InChI is InChI=1S/C12H12FN3O2/c1-18-12(17)9-7-16(15-11(9)14)6-8-4-2-3-5-10(8)13/h2-5,7H,6H2,1H3,(H2,14,15). The molecule has 0 aliphatic heterocycles. The zero-order valence-electron chi connectivity index (χ0n) is 9.76. The van der Waals surface area contributed by atoms with Crippen LogP contribution in [-0.2, 0) is 11.3 Å². The Morgan fingerprint density at radius 3 is 2.89 bits per heavy atom. The number of methoxy groups -OCH3 is 1. The van der Waals surface area contributed by atoms with Crippen molar-refractivity contribution in [2.24, 2.45) is 0 Å². The minimum absolute atomic E-state index is 0.0678. The van der Waals surface area contributed by atoms with Crippen molar-refractivity contribution in [3.8, 4) is 0 Å². The van der Waals surface area contributed by atoms with E-state index >= 15 is 0 Å². The number of esters is 1. The molecule has 0 aliphatic rings. The molecule has 2 aromatic rings. The Kier molecular flexibility index (Phi) is 3.27. The molecule has 94 valence electrons. The minimum atomic E-state index is -0.563. The molecular formula is C12H12FN3O2. The lowest BCUT2D eigenvalue weighted by Gasteiger charge is -2.02. The number of nitrogen functional groups attached to an aromatic ring is 1. The summed E-state index contributed by atoms with van der Waals surface area (Å²) in [5.41, 5.74) is 6.23. The third kappa shape index (κ3) is 2.32. The van der Waals surface area contributed by atoms with Gasteiger partial charge in [0.25, 0.3) is 0 Å². The summed E-state index contributed by atoms with van der Waals surface area (Å²) < 4.78 is 19.4. The third-order valence-electron chi connectivity index (χ3n) is 2.49. The first kappa shape index (κ1) is 12.1. The summed E-state index contributed by atoms with van der Waals surface area (Å²) in [5, 5.41) is 3.94. The van der Waals surface area contributed by atoms with E-state index in [0.717, 1.165) is 0 Å². The number of hydrogen-bond donors (Lipinski definition) is 1. The highest BCUT2D eigenvalue weighted by molar-refractivity contribution is 5.93. The predicted molar refractivity (Wildman–Crippen MR) is 63.5 cm³/mol. The first-order chi connectivity index (χ1) is 8.61. The summed E-state index contributed by atoms with van der Waals surface area (Å²) in [6.07, 6.45) is 1.44. The maximum atomic E-state index is 13.4. The second-order valence-electron chi connectivity index (χ2n) is 3.71. The van der Waals surface area contributed by atoms with Crippen molar-refractivity contribution in [2.75, 3.05) is 12.8 Å². The first-order valence-corrected chi connectivity index (χ1v) is 5.26. The monoisotopic (exact) mass is 249 g/mol. The van der Waals surface area contributed by atoms with Crippen LogP contribution in [0.1, 0.15) is 15.9 Å². The number of nitrogens with zero attached hydrogens (tertiary/aromatic N) is 2. The largest absolute Gasteiger partial charge is 0.465 e. The maximum Gasteiger partial charge on any atom is 0.343 e. The molecule has 6 heteroatoms. The van der Waals surface area contributed by atoms with Gasteiger partial charge in [-0.05, 0) is 6.07 Å². The molecule has 0 aliphatic carbocycles. The van der Waals surface area contributed by atoms with E-state index in [1.807, 2.05) is 0 Å². The van der Waals surface area contributed by atoms with E-state index < -0.39 is 5.97 Å². The van der Waals surface area contributed by atoms with Crippen molar-refractivity contribution in [3.63, 3.8) is 0 Å². The maximum absolute atomic E-state index is 13.4. The molecule has 5 nitrogen and oxygen atoms in total. The summed E-state index contributed by atoms with van der Waals surface area (Å²) >= 11 is 0. The molecule has 0 atom stereocenters. The van der Waals surface area contributed by atoms with E-state index in [9.17, 15) is 9.18 Å². The van der Waals surface area contributed by atoms with Crippen molar-refractivity contribution in [3.05, 3.63) is 47.4 Å². The van der Waals surface area contributed by atoms with Gasteiger partial charge in [-0.1, -0.05) is 18.2 Å². The molecule has 0 saturated heterocycles. The van der Waals surface area contributed by atoms with Gasteiger partial charge in [-0.15, -0.1) is 0 Å². The number of benzene rings is 1. The highest BCUT2D eigenvalue weighted by Gasteiger charge is 2.15. The predicted octanol–water partition coefficient (Wildman–Crippen LogP) is 1.44. The van der Waals surface area contributed by atoms with E-state index in [1.54, 1.807) is 18.2 Å². The molecule has 0 fully saturated rings. The highest BCUT2D eigenvalue weighted by atomic mass is 19.1. The zero-order chi connectivity index (χ0) is 13.1. The molecule has 0 saturated carbocycles. The van der Waals surface area contributed by atoms with Crippen molar-refractivity contribution in [2.45, 2.75) is 6.54 Å². The topological polar surface area (TPSA) is 70.1 Å². The summed E-state index contributed by atoms with van der Waals surface area (Å²) in [4.78, 5) is 11.3. The molecule has 0 amide bonds. The molecule has 0 spiro atoms. The van der Waals surface area contributed by atoms with Gasteiger partial charge >= 0.3 is 5.97 Å². The number of nitrogens with two attached hydrogens (primary N) is 1. The van der Waals surface area contributed by atoms with Gasteiger partial charge < -0.3 is 10.5 Å². The SMILES string of the molecule is COC(=O)c1cn(Cc2ccccc2F)nc1N. The van der Waals surface area contributed by atoms with Crippen LogP contribution in [0.2, 0.25) is 0 Å². The van der Waals surface area contributed by atoms with Crippen molar-refractivity contribution < 1.29 is 13.9 Å². The number of carbonyl (C=O) groups is 1. The number of hydrogen-bond acceptors (Lipinski definition) is 4. The summed E-state index contributed by atoms with van der Waals surface area (Å²) in [6, 6.07) is 6.34. The lowest BCUT2D eigenvalue weighted by atomic mass is 10.2. The van der Waals surface area contributed by atoms with Crippen LogP contribution in [0, 0.1) is 5.82 Å². The Labute approximate surface area is 103 Å². The fourth-order valence-corrected chi connectivity index (χ4v) is 1.59. The fourth-order valence-electron chi connectivity index (χ4n) is 1.59. The summed E-state index contributed by atoms with van der Waals surface area (Å²) in [5.74, 6) is -0.823. The molecule has 1 aromatic carbocycles. The van der Waals surface area contributed by atoms with Gasteiger partial charge in [0, 0.05) is 11.8 Å². The third-order valence-corrected chi connectivity index (χ3v) is 2.49. The van der Waals surface area contributed by atoms with Gasteiger partial charge in [-0.25, -0.2) is 9.18 Å². The van der Waals surface area contributed by atoms with Crippen molar-refractivity contribution >= 4 is 11.8 Å². The number of halogens is 1. The Bertz CT molecular complexity index is 580. The Morgan fingerprint density at radius 2 is 2.22 bits per heavy atom. The van der Waals surface area contributed by atoms with Crippen LogP contribution >= 0.6 is 0 Å². The van der Waals surface area contributed by atoms with Crippen LogP contribution in [-0.4, -0.2) is 22.9 Å². The average Bonchev–Trinajstić information content (AvgIpc) is 2.72. The van der Waals surface area contributed by atoms with Crippen molar-refractivity contribution in [1.29, 1.82) is 0 Å². The van der Waals surface area contributed by atoms with Crippen LogP contribution in [0.15, 0.2) is 30.5 Å². The first-order valence-electron chi connectivity index (χ1n) is 5.26. The Balaban J connectivity index is 2.26. The average molecular weight is 249 g/mol. The number of ether oxygens (including phenoxy) is 1. The lowest BCUT2D eigenvalue weighted by molar-refractivity contribution is 0.0602. The minimum Gasteiger partial charge on any atom is -0.465 e. The van der Waals surface area contributed by atoms with Gasteiger partial charge in [0.15, 0.2) is 5.82 Å². The van der Waals surface area contributed by atoms with Crippen LogP contribution in [0.25, 0.3) is 0 Å². The van der Waals surface area contributed by atoms with E-state index in [1.165, 1.54) is 24.1 Å². The van der Waals surface area contributed by atoms with E-state index in [-0.39, 0.29) is 23.7 Å². The van der Waals surface area contributed by atoms with Crippen LogP contribution < -0.4 is 5.73 Å². The van der Waals surface area contributed by atoms with Gasteiger partial charge in [-0.2, -0.15) is 5.10 Å². The van der Waals surface area contributed by atoms with E-state index in [0.29, 0.717) is 5.56 Å². The molecule has 18 heavy (non-hydrogen) atoms. The van der Waals surface area contributed by atoms with Crippen LogP contribution in [0.5, 0.6) is 0 Å². The van der Waals surface area contributed by atoms with Gasteiger partial charge in [0.05, 0.1) is 13.7 Å². The normalized spacial score (nSPS) is 10.3.